The van der Waals surface area contributed by atoms with Gasteiger partial charge in [-0.3, -0.25) is 0 Å². The highest BCUT2D eigenvalue weighted by Gasteiger charge is 2.20. The van der Waals surface area contributed by atoms with Crippen molar-refractivity contribution in [3.8, 4) is 56.4 Å². The van der Waals surface area contributed by atoms with E-state index in [4.69, 9.17) is 19.4 Å². The molecule has 0 aliphatic carbocycles. The molecule has 0 unspecified atom stereocenters. The molecule has 0 saturated heterocycles. The van der Waals surface area contributed by atoms with Gasteiger partial charge in [0, 0.05) is 32.8 Å². The van der Waals surface area contributed by atoms with Crippen LogP contribution in [0.1, 0.15) is 0 Å². The summed E-state index contributed by atoms with van der Waals surface area (Å²) >= 11 is 0. The van der Waals surface area contributed by atoms with Crippen LogP contribution in [0.5, 0.6) is 0 Å². The minimum Gasteiger partial charge on any atom is -0.455 e. The molecular formula is C47H29N3O. The minimum atomic E-state index is 0.609. The fourth-order valence-electron chi connectivity index (χ4n) is 7.29. The Bertz CT molecular complexity index is 2900. The predicted molar refractivity (Wildman–Crippen MR) is 209 cm³/mol. The van der Waals surface area contributed by atoms with E-state index >= 15 is 0 Å². The van der Waals surface area contributed by atoms with Gasteiger partial charge in [0.25, 0.3) is 0 Å². The lowest BCUT2D eigenvalue weighted by atomic mass is 9.94. The molecule has 4 nitrogen and oxygen atoms in total. The van der Waals surface area contributed by atoms with Crippen LogP contribution in [0, 0.1) is 0 Å². The number of hydrogen-bond donors (Lipinski definition) is 0. The SMILES string of the molecule is c1ccc(-c2ccc3c(c2)c(-c2nc(-c4ccccc4)nc(-c4ccc(-c5ccccc5)c5ccccc45)n2)cc2c4ccccc4oc32)cc1. The number of nitrogens with zero attached hydrogens (tertiary/aromatic N) is 3. The average molecular weight is 652 g/mol. The molecule has 2 heterocycles. The smallest absolute Gasteiger partial charge is 0.164 e. The first-order valence-electron chi connectivity index (χ1n) is 17.1. The summed E-state index contributed by atoms with van der Waals surface area (Å²) < 4.78 is 6.53. The van der Waals surface area contributed by atoms with Crippen molar-refractivity contribution in [2.75, 3.05) is 0 Å². The molecule has 0 saturated carbocycles. The molecule has 0 fully saturated rings. The Morgan fingerprint density at radius 1 is 0.294 bits per heavy atom. The Hall–Kier alpha value is -6.91. The lowest BCUT2D eigenvalue weighted by molar-refractivity contribution is 0.672. The van der Waals surface area contributed by atoms with Gasteiger partial charge in [-0.05, 0) is 68.7 Å². The normalized spacial score (nSPS) is 11.5. The summed E-state index contributed by atoms with van der Waals surface area (Å²) in [5.74, 6) is 1.85. The molecule has 0 N–H and O–H groups in total. The van der Waals surface area contributed by atoms with Gasteiger partial charge in [0.15, 0.2) is 17.5 Å². The van der Waals surface area contributed by atoms with Gasteiger partial charge in [0.1, 0.15) is 11.2 Å². The molecule has 51 heavy (non-hydrogen) atoms. The Labute approximate surface area is 294 Å². The highest BCUT2D eigenvalue weighted by molar-refractivity contribution is 6.19. The van der Waals surface area contributed by atoms with Crippen LogP contribution in [0.25, 0.3) is 99.9 Å². The minimum absolute atomic E-state index is 0.609. The molecule has 0 aliphatic rings. The lowest BCUT2D eigenvalue weighted by Gasteiger charge is -2.14. The Morgan fingerprint density at radius 2 is 0.843 bits per heavy atom. The van der Waals surface area contributed by atoms with Crippen molar-refractivity contribution in [2.45, 2.75) is 0 Å². The monoisotopic (exact) mass is 651 g/mol. The van der Waals surface area contributed by atoms with Crippen molar-refractivity contribution in [1.29, 1.82) is 0 Å². The molecule has 0 spiro atoms. The molecule has 0 aliphatic heterocycles. The van der Waals surface area contributed by atoms with Crippen molar-refractivity contribution in [1.82, 2.24) is 15.0 Å². The molecular weight excluding hydrogens is 623 g/mol. The molecule has 2 aromatic heterocycles. The second-order valence-corrected chi connectivity index (χ2v) is 12.8. The molecule has 0 amide bonds. The van der Waals surface area contributed by atoms with E-state index in [0.717, 1.165) is 71.3 Å². The summed E-state index contributed by atoms with van der Waals surface area (Å²) in [6.07, 6.45) is 0. The average Bonchev–Trinajstić information content (AvgIpc) is 3.59. The third-order valence-corrected chi connectivity index (χ3v) is 9.74. The standard InChI is InChI=1S/C47H29N3O/c1-4-14-30(15-5-1)33-24-25-38-40(28-33)42(29-41-37-22-12-13-23-43(37)51-44(38)41)47-49-45(32-18-8-3-9-19-32)48-46(50-47)39-27-26-34(31-16-6-2-7-17-31)35-20-10-11-21-36(35)39/h1-29H. The number of furan rings is 1. The van der Waals surface area contributed by atoms with Gasteiger partial charge >= 0.3 is 0 Å². The van der Waals surface area contributed by atoms with E-state index in [0.29, 0.717) is 17.5 Å². The van der Waals surface area contributed by atoms with E-state index in [1.807, 2.05) is 42.5 Å². The maximum absolute atomic E-state index is 6.53. The van der Waals surface area contributed by atoms with Crippen LogP contribution in [0.3, 0.4) is 0 Å². The van der Waals surface area contributed by atoms with Crippen molar-refractivity contribution in [3.05, 3.63) is 176 Å². The molecule has 238 valence electrons. The Kier molecular flexibility index (Phi) is 6.78. The first-order valence-corrected chi connectivity index (χ1v) is 17.1. The number of fused-ring (bicyclic) bond motifs is 6. The van der Waals surface area contributed by atoms with E-state index in [9.17, 15) is 0 Å². The third-order valence-electron chi connectivity index (χ3n) is 9.74. The fourth-order valence-corrected chi connectivity index (χ4v) is 7.29. The number of benzene rings is 8. The highest BCUT2D eigenvalue weighted by Crippen LogP contribution is 2.42. The summed E-state index contributed by atoms with van der Waals surface area (Å²) in [4.78, 5) is 15.7. The molecule has 0 atom stereocenters. The van der Waals surface area contributed by atoms with Crippen molar-refractivity contribution >= 4 is 43.5 Å². The van der Waals surface area contributed by atoms with E-state index < -0.39 is 0 Å². The Balaban J connectivity index is 1.28. The van der Waals surface area contributed by atoms with Crippen LogP contribution in [-0.4, -0.2) is 15.0 Å². The quantitative estimate of drug-likeness (QED) is 0.186. The van der Waals surface area contributed by atoms with Gasteiger partial charge in [-0.25, -0.2) is 15.0 Å². The van der Waals surface area contributed by atoms with E-state index in [1.54, 1.807) is 0 Å². The predicted octanol–water partition coefficient (Wildman–Crippen LogP) is 12.4. The largest absolute Gasteiger partial charge is 0.455 e. The van der Waals surface area contributed by atoms with Gasteiger partial charge in [-0.1, -0.05) is 146 Å². The van der Waals surface area contributed by atoms with Crippen LogP contribution in [0.15, 0.2) is 180 Å². The van der Waals surface area contributed by atoms with Crippen LogP contribution >= 0.6 is 0 Å². The Morgan fingerprint density at radius 3 is 1.57 bits per heavy atom. The topological polar surface area (TPSA) is 51.8 Å². The molecule has 10 aromatic rings. The summed E-state index contributed by atoms with van der Waals surface area (Å²) in [5.41, 5.74) is 9.10. The second kappa shape index (κ2) is 11.9. The lowest BCUT2D eigenvalue weighted by Crippen LogP contribution is -2.01. The van der Waals surface area contributed by atoms with Crippen LogP contribution in [-0.2, 0) is 0 Å². The number of hydrogen-bond acceptors (Lipinski definition) is 4. The molecule has 4 heteroatoms. The van der Waals surface area contributed by atoms with Crippen molar-refractivity contribution < 1.29 is 4.42 Å². The first-order chi connectivity index (χ1) is 25.3. The van der Waals surface area contributed by atoms with E-state index in [-0.39, 0.29) is 0 Å². The van der Waals surface area contributed by atoms with Crippen LogP contribution in [0.4, 0.5) is 0 Å². The zero-order chi connectivity index (χ0) is 33.7. The summed E-state index contributed by atoms with van der Waals surface area (Å²) in [6.45, 7) is 0. The third kappa shape index (κ3) is 4.96. The summed E-state index contributed by atoms with van der Waals surface area (Å²) in [6, 6.07) is 61.0. The second-order valence-electron chi connectivity index (χ2n) is 12.8. The van der Waals surface area contributed by atoms with E-state index in [1.165, 1.54) is 11.1 Å². The fraction of sp³-hybridized carbons (Fsp3) is 0. The van der Waals surface area contributed by atoms with Gasteiger partial charge < -0.3 is 4.42 Å². The maximum atomic E-state index is 6.53. The zero-order valence-corrected chi connectivity index (χ0v) is 27.5. The van der Waals surface area contributed by atoms with Crippen LogP contribution in [0.2, 0.25) is 0 Å². The number of para-hydroxylation sites is 1. The van der Waals surface area contributed by atoms with Gasteiger partial charge in [-0.2, -0.15) is 0 Å². The molecule has 8 aromatic carbocycles. The highest BCUT2D eigenvalue weighted by atomic mass is 16.3. The van der Waals surface area contributed by atoms with Gasteiger partial charge in [-0.15, -0.1) is 0 Å². The van der Waals surface area contributed by atoms with Gasteiger partial charge in [0.2, 0.25) is 0 Å². The van der Waals surface area contributed by atoms with Gasteiger partial charge in [0.05, 0.1) is 0 Å². The number of rotatable bonds is 5. The number of aromatic nitrogens is 3. The molecule has 0 radical (unpaired) electrons. The first kappa shape index (κ1) is 29.0. The van der Waals surface area contributed by atoms with Crippen LogP contribution < -0.4 is 0 Å². The van der Waals surface area contributed by atoms with Crippen molar-refractivity contribution in [2.24, 2.45) is 0 Å². The summed E-state index contributed by atoms with van der Waals surface area (Å²) in [5, 5.41) is 6.35. The van der Waals surface area contributed by atoms with E-state index in [2.05, 4.69) is 133 Å². The molecule has 10 rings (SSSR count). The maximum Gasteiger partial charge on any atom is 0.164 e. The van der Waals surface area contributed by atoms with Crippen molar-refractivity contribution in [3.63, 3.8) is 0 Å². The molecule has 0 bridgehead atoms. The summed E-state index contributed by atoms with van der Waals surface area (Å²) in [7, 11) is 0. The zero-order valence-electron chi connectivity index (χ0n) is 27.5.